The molecule has 1 nitrogen and oxygen atoms in total. The zero-order chi connectivity index (χ0) is 14.8. The van der Waals surface area contributed by atoms with E-state index in [1.54, 1.807) is 0 Å². The van der Waals surface area contributed by atoms with Crippen LogP contribution in [0.15, 0.2) is 23.1 Å². The highest BCUT2D eigenvalue weighted by Gasteiger charge is 2.36. The average molecular weight is 302 g/mol. The number of carbonyl (C=O) groups is 1. The molecule has 19 heavy (non-hydrogen) atoms. The lowest BCUT2D eigenvalue weighted by molar-refractivity contribution is -0.137. The predicted octanol–water partition coefficient (Wildman–Crippen LogP) is 4.91. The zero-order valence-electron chi connectivity index (χ0n) is 9.52. The van der Waals surface area contributed by atoms with E-state index in [4.69, 9.17) is 0 Å². The summed E-state index contributed by atoms with van der Waals surface area (Å²) in [6.45, 7) is 1.34. The minimum absolute atomic E-state index is 0.219. The smallest absolute Gasteiger partial charge is 0.294 e. The Bertz CT molecular complexity index is 477. The number of hydrogen-bond acceptors (Lipinski definition) is 2. The third-order valence-electron chi connectivity index (χ3n) is 2.15. The first-order chi connectivity index (χ1) is 8.54. The second-order valence-electron chi connectivity index (χ2n) is 3.53. The summed E-state index contributed by atoms with van der Waals surface area (Å²) in [5, 5.41) is 0. The molecule has 0 aliphatic rings. The number of benzene rings is 1. The molecule has 0 fully saturated rings. The molecule has 0 aliphatic heterocycles. The number of ketones is 1. The SMILES string of the molecule is CCC(=O)c1cc(SC(F)(F)F)ccc1C(F)(F)F. The van der Waals surface area contributed by atoms with E-state index in [-0.39, 0.29) is 6.42 Å². The summed E-state index contributed by atoms with van der Waals surface area (Å²) in [5.74, 6) is -0.850. The summed E-state index contributed by atoms with van der Waals surface area (Å²) in [5.41, 5.74) is -6.57. The van der Waals surface area contributed by atoms with Crippen molar-refractivity contribution in [3.05, 3.63) is 29.3 Å². The Morgan fingerprint density at radius 2 is 1.74 bits per heavy atom. The number of rotatable bonds is 3. The Balaban J connectivity index is 3.28. The highest BCUT2D eigenvalue weighted by Crippen LogP contribution is 2.40. The lowest BCUT2D eigenvalue weighted by Crippen LogP contribution is -2.13. The van der Waals surface area contributed by atoms with Crippen LogP contribution in [0.1, 0.15) is 29.3 Å². The van der Waals surface area contributed by atoms with Crippen LogP contribution >= 0.6 is 11.8 Å². The molecule has 0 aromatic heterocycles. The lowest BCUT2D eigenvalue weighted by atomic mass is 10.0. The fourth-order valence-electron chi connectivity index (χ4n) is 1.39. The second-order valence-corrected chi connectivity index (χ2v) is 4.67. The van der Waals surface area contributed by atoms with Crippen LogP contribution in [0.25, 0.3) is 0 Å². The molecule has 0 spiro atoms. The number of Topliss-reactive ketones (excluding diaryl/α,β-unsaturated/α-hetero) is 1. The number of alkyl halides is 6. The van der Waals surface area contributed by atoms with Crippen molar-refractivity contribution >= 4 is 17.5 Å². The van der Waals surface area contributed by atoms with Crippen LogP contribution in [0.5, 0.6) is 0 Å². The quantitative estimate of drug-likeness (QED) is 0.448. The molecule has 0 amide bonds. The van der Waals surface area contributed by atoms with Crippen molar-refractivity contribution in [3.63, 3.8) is 0 Å². The number of carbonyl (C=O) groups excluding carboxylic acids is 1. The highest BCUT2D eigenvalue weighted by atomic mass is 32.2. The Kier molecular flexibility index (Phi) is 4.54. The molecular weight excluding hydrogens is 294 g/mol. The van der Waals surface area contributed by atoms with E-state index >= 15 is 0 Å². The van der Waals surface area contributed by atoms with Gasteiger partial charge in [-0.2, -0.15) is 26.3 Å². The summed E-state index contributed by atoms with van der Waals surface area (Å²) < 4.78 is 74.3. The third kappa shape index (κ3) is 4.45. The number of hydrogen-bond donors (Lipinski definition) is 0. The zero-order valence-corrected chi connectivity index (χ0v) is 10.3. The van der Waals surface area contributed by atoms with E-state index in [1.165, 1.54) is 6.92 Å². The van der Waals surface area contributed by atoms with Gasteiger partial charge in [0.05, 0.1) is 5.56 Å². The molecule has 0 N–H and O–H groups in total. The van der Waals surface area contributed by atoms with Crippen molar-refractivity contribution in [1.82, 2.24) is 0 Å². The maximum absolute atomic E-state index is 12.6. The first kappa shape index (κ1) is 15.9. The summed E-state index contributed by atoms with van der Waals surface area (Å²) in [7, 11) is 0. The van der Waals surface area contributed by atoms with Crippen LogP contribution in [0.3, 0.4) is 0 Å². The molecule has 1 aromatic carbocycles. The fraction of sp³-hybridized carbons (Fsp3) is 0.364. The Hall–Kier alpha value is -1.18. The van der Waals surface area contributed by atoms with Crippen LogP contribution in [0.4, 0.5) is 26.3 Å². The summed E-state index contributed by atoms with van der Waals surface area (Å²) in [6.07, 6.45) is -5.00. The van der Waals surface area contributed by atoms with Gasteiger partial charge >= 0.3 is 11.7 Å². The molecule has 0 radical (unpaired) electrons. The van der Waals surface area contributed by atoms with Gasteiger partial charge in [-0.1, -0.05) is 6.92 Å². The van der Waals surface area contributed by atoms with E-state index in [1.807, 2.05) is 0 Å². The lowest BCUT2D eigenvalue weighted by Gasteiger charge is -2.13. The van der Waals surface area contributed by atoms with E-state index in [2.05, 4.69) is 0 Å². The van der Waals surface area contributed by atoms with Gasteiger partial charge in [-0.05, 0) is 30.0 Å². The van der Waals surface area contributed by atoms with E-state index in [0.29, 0.717) is 18.2 Å². The largest absolute Gasteiger partial charge is 0.446 e. The van der Waals surface area contributed by atoms with Gasteiger partial charge < -0.3 is 0 Å². The van der Waals surface area contributed by atoms with Crippen molar-refractivity contribution in [2.45, 2.75) is 29.9 Å². The first-order valence-electron chi connectivity index (χ1n) is 5.04. The Morgan fingerprint density at radius 1 is 1.16 bits per heavy atom. The van der Waals surface area contributed by atoms with Gasteiger partial charge in [0.15, 0.2) is 5.78 Å². The molecule has 1 rings (SSSR count). The van der Waals surface area contributed by atoms with Crippen LogP contribution < -0.4 is 0 Å². The van der Waals surface area contributed by atoms with Crippen molar-refractivity contribution in [2.24, 2.45) is 0 Å². The molecule has 106 valence electrons. The van der Waals surface area contributed by atoms with E-state index in [9.17, 15) is 31.1 Å². The monoisotopic (exact) mass is 302 g/mol. The normalized spacial score (nSPS) is 12.6. The molecule has 0 saturated carbocycles. The maximum atomic E-state index is 12.6. The summed E-state index contributed by atoms with van der Waals surface area (Å²) >= 11 is -0.557. The van der Waals surface area contributed by atoms with Gasteiger partial charge in [0.2, 0.25) is 0 Å². The molecule has 0 atom stereocenters. The maximum Gasteiger partial charge on any atom is 0.446 e. The minimum atomic E-state index is -4.78. The minimum Gasteiger partial charge on any atom is -0.294 e. The van der Waals surface area contributed by atoms with Crippen molar-refractivity contribution in [3.8, 4) is 0 Å². The van der Waals surface area contributed by atoms with Gasteiger partial charge in [-0.25, -0.2) is 0 Å². The third-order valence-corrected chi connectivity index (χ3v) is 2.87. The van der Waals surface area contributed by atoms with Gasteiger partial charge in [0, 0.05) is 16.9 Å². The van der Waals surface area contributed by atoms with Crippen LogP contribution in [0, 0.1) is 0 Å². The molecule has 0 aliphatic carbocycles. The van der Waals surface area contributed by atoms with Crippen molar-refractivity contribution in [2.75, 3.05) is 0 Å². The molecule has 0 saturated heterocycles. The molecule has 0 unspecified atom stereocenters. The predicted molar refractivity (Wildman–Crippen MR) is 58.0 cm³/mol. The molecule has 0 heterocycles. The van der Waals surface area contributed by atoms with Gasteiger partial charge in [-0.15, -0.1) is 0 Å². The van der Waals surface area contributed by atoms with Gasteiger partial charge in [-0.3, -0.25) is 4.79 Å². The number of halogens is 6. The second kappa shape index (κ2) is 5.44. The van der Waals surface area contributed by atoms with Gasteiger partial charge in [0.25, 0.3) is 0 Å². The fourth-order valence-corrected chi connectivity index (χ4v) is 1.97. The highest BCUT2D eigenvalue weighted by molar-refractivity contribution is 8.00. The topological polar surface area (TPSA) is 17.1 Å². The van der Waals surface area contributed by atoms with E-state index < -0.39 is 45.3 Å². The Labute approximate surface area is 109 Å². The average Bonchev–Trinajstić information content (AvgIpc) is 2.24. The molecule has 0 bridgehead atoms. The standard InChI is InChI=1S/C11H8F6OS/c1-2-9(18)7-5-6(19-11(15,16)17)3-4-8(7)10(12,13)14/h3-5H,2H2,1H3. The molecule has 8 heteroatoms. The van der Waals surface area contributed by atoms with Gasteiger partial charge in [0.1, 0.15) is 0 Å². The Morgan fingerprint density at radius 3 is 2.16 bits per heavy atom. The van der Waals surface area contributed by atoms with Crippen LogP contribution in [-0.2, 0) is 6.18 Å². The molecule has 1 aromatic rings. The first-order valence-corrected chi connectivity index (χ1v) is 5.86. The molecular formula is C11H8F6OS. The van der Waals surface area contributed by atoms with Crippen LogP contribution in [0.2, 0.25) is 0 Å². The van der Waals surface area contributed by atoms with E-state index in [0.717, 1.165) is 0 Å². The number of thioether (sulfide) groups is 1. The summed E-state index contributed by atoms with van der Waals surface area (Å²) in [6, 6.07) is 1.83. The van der Waals surface area contributed by atoms with Crippen molar-refractivity contribution in [1.29, 1.82) is 0 Å². The summed E-state index contributed by atoms with van der Waals surface area (Å²) in [4.78, 5) is 11.0. The van der Waals surface area contributed by atoms with Crippen LogP contribution in [-0.4, -0.2) is 11.3 Å². The van der Waals surface area contributed by atoms with Crippen molar-refractivity contribution < 1.29 is 31.1 Å².